The van der Waals surface area contributed by atoms with Crippen LogP contribution in [0, 0.1) is 0 Å². The SMILES string of the molecule is O=C(NCC[Se]Sc1ccccc1)/C(Cc1ccc(OCc2ccccc2)cc1)=N/O. The quantitative estimate of drug-likeness (QED) is 0.133. The third kappa shape index (κ3) is 8.13. The standard InChI is InChI=1S/C24H24N2O3SSe/c27-24(25-15-16-31-30-22-9-5-2-6-10-22)23(26-28)17-19-11-13-21(14-12-19)29-18-20-7-3-1-4-8-20/h1-14,28H,15-18H2,(H,25,27)/b26-23+. The number of hydrogen-bond donors (Lipinski definition) is 2. The molecule has 3 aromatic rings. The first-order valence-corrected chi connectivity index (χ1v) is 13.9. The zero-order chi connectivity index (χ0) is 21.7. The number of hydrogen-bond acceptors (Lipinski definition) is 5. The Labute approximate surface area is 192 Å². The summed E-state index contributed by atoms with van der Waals surface area (Å²) in [6.45, 7) is 1.06. The number of nitrogens with one attached hydrogen (secondary N) is 1. The molecule has 0 aliphatic carbocycles. The van der Waals surface area contributed by atoms with E-state index >= 15 is 0 Å². The van der Waals surface area contributed by atoms with Crippen LogP contribution in [0.25, 0.3) is 0 Å². The van der Waals surface area contributed by atoms with Crippen molar-refractivity contribution in [2.45, 2.75) is 23.2 Å². The van der Waals surface area contributed by atoms with Crippen LogP contribution in [-0.4, -0.2) is 37.2 Å². The Morgan fingerprint density at radius 2 is 1.61 bits per heavy atom. The van der Waals surface area contributed by atoms with Crippen LogP contribution < -0.4 is 10.1 Å². The van der Waals surface area contributed by atoms with Crippen LogP contribution in [0.2, 0.25) is 5.32 Å². The Bertz CT molecular complexity index is 967. The van der Waals surface area contributed by atoms with E-state index in [1.807, 2.05) is 83.0 Å². The van der Waals surface area contributed by atoms with Crippen molar-refractivity contribution in [1.29, 1.82) is 0 Å². The predicted octanol–water partition coefficient (Wildman–Crippen LogP) is 4.58. The molecule has 2 N–H and O–H groups in total. The van der Waals surface area contributed by atoms with Crippen LogP contribution >= 0.6 is 10.2 Å². The van der Waals surface area contributed by atoms with Gasteiger partial charge in [0.2, 0.25) is 0 Å². The molecular weight excluding hydrogens is 475 g/mol. The minimum atomic E-state index is -0.340. The fraction of sp³-hybridized carbons (Fsp3) is 0.167. The second-order valence-corrected chi connectivity index (χ2v) is 10.9. The van der Waals surface area contributed by atoms with Gasteiger partial charge < -0.3 is 0 Å². The van der Waals surface area contributed by atoms with E-state index in [1.165, 1.54) is 4.90 Å². The van der Waals surface area contributed by atoms with Gasteiger partial charge in [0, 0.05) is 0 Å². The first-order valence-electron chi connectivity index (χ1n) is 9.84. The molecule has 0 aliphatic rings. The van der Waals surface area contributed by atoms with E-state index in [-0.39, 0.29) is 18.0 Å². The van der Waals surface area contributed by atoms with Gasteiger partial charge in [-0.3, -0.25) is 0 Å². The number of benzene rings is 3. The number of carbonyl (C=O) groups excluding carboxylic acids is 1. The third-order valence-electron chi connectivity index (χ3n) is 4.30. The van der Waals surface area contributed by atoms with Gasteiger partial charge in [-0.1, -0.05) is 30.3 Å². The van der Waals surface area contributed by atoms with Crippen LogP contribution in [0.15, 0.2) is 95.0 Å². The van der Waals surface area contributed by atoms with Crippen LogP contribution in [-0.2, 0) is 17.8 Å². The topological polar surface area (TPSA) is 70.9 Å². The van der Waals surface area contributed by atoms with Crippen LogP contribution in [0.3, 0.4) is 0 Å². The molecule has 0 radical (unpaired) electrons. The third-order valence-corrected chi connectivity index (χ3v) is 8.47. The number of amides is 1. The number of rotatable bonds is 11. The number of oxime groups is 1. The van der Waals surface area contributed by atoms with Crippen LogP contribution in [0.5, 0.6) is 5.75 Å². The molecule has 0 heterocycles. The van der Waals surface area contributed by atoms with Crippen molar-refractivity contribution < 1.29 is 14.7 Å². The summed E-state index contributed by atoms with van der Waals surface area (Å²) in [4.78, 5) is 13.6. The zero-order valence-electron chi connectivity index (χ0n) is 16.9. The molecule has 3 rings (SSSR count). The molecule has 0 aliphatic heterocycles. The van der Waals surface area contributed by atoms with E-state index in [0.29, 0.717) is 27.0 Å². The molecule has 0 saturated carbocycles. The van der Waals surface area contributed by atoms with Crippen LogP contribution in [0.1, 0.15) is 11.1 Å². The Balaban J connectivity index is 1.39. The van der Waals surface area contributed by atoms with E-state index in [4.69, 9.17) is 4.74 Å². The van der Waals surface area contributed by atoms with Crippen molar-refractivity contribution in [3.8, 4) is 5.75 Å². The zero-order valence-corrected chi connectivity index (χ0v) is 19.5. The van der Waals surface area contributed by atoms with E-state index in [1.54, 1.807) is 0 Å². The molecule has 0 atom stereocenters. The average molecular weight is 499 g/mol. The minimum absolute atomic E-state index is 0.0983. The maximum absolute atomic E-state index is 12.3. The van der Waals surface area contributed by atoms with Gasteiger partial charge in [-0.2, -0.15) is 0 Å². The molecule has 7 heteroatoms. The van der Waals surface area contributed by atoms with Gasteiger partial charge in [0.1, 0.15) is 0 Å². The monoisotopic (exact) mass is 500 g/mol. The van der Waals surface area contributed by atoms with Gasteiger partial charge in [0.15, 0.2) is 0 Å². The van der Waals surface area contributed by atoms with Gasteiger partial charge in [-0.15, -0.1) is 0 Å². The summed E-state index contributed by atoms with van der Waals surface area (Å²) in [6, 6.07) is 27.6. The van der Waals surface area contributed by atoms with E-state index < -0.39 is 0 Å². The second kappa shape index (κ2) is 12.8. The summed E-state index contributed by atoms with van der Waals surface area (Å²) in [5, 5.41) is 16.2. The fourth-order valence-electron chi connectivity index (χ4n) is 2.69. The Hall–Kier alpha value is -2.73. The maximum atomic E-state index is 12.3. The number of ether oxygens (including phenoxy) is 1. The first kappa shape index (κ1) is 22.9. The molecule has 0 saturated heterocycles. The average Bonchev–Trinajstić information content (AvgIpc) is 2.83. The summed E-state index contributed by atoms with van der Waals surface area (Å²) in [5.74, 6) is 0.408. The Morgan fingerprint density at radius 1 is 0.935 bits per heavy atom. The molecule has 0 bridgehead atoms. The van der Waals surface area contributed by atoms with Crippen LogP contribution in [0.4, 0.5) is 0 Å². The number of nitrogens with zero attached hydrogens (tertiary/aromatic N) is 1. The molecular formula is C24H24N2O3SSe. The van der Waals surface area contributed by atoms with E-state index in [0.717, 1.165) is 22.2 Å². The first-order chi connectivity index (χ1) is 15.2. The van der Waals surface area contributed by atoms with Crippen molar-refractivity contribution >= 4 is 35.6 Å². The molecule has 0 unspecified atom stereocenters. The predicted molar refractivity (Wildman–Crippen MR) is 126 cm³/mol. The molecule has 3 aromatic carbocycles. The van der Waals surface area contributed by atoms with Gasteiger partial charge in [0.25, 0.3) is 0 Å². The van der Waals surface area contributed by atoms with Gasteiger partial charge in [0.05, 0.1) is 0 Å². The summed E-state index contributed by atoms with van der Waals surface area (Å²) < 4.78 is 5.77. The van der Waals surface area contributed by atoms with Gasteiger partial charge >= 0.3 is 157 Å². The Kier molecular flexibility index (Phi) is 9.51. The Morgan fingerprint density at radius 3 is 2.29 bits per heavy atom. The normalized spacial score (nSPS) is 11.2. The van der Waals surface area contributed by atoms with E-state index in [2.05, 4.69) is 22.6 Å². The fourth-order valence-corrected chi connectivity index (χ4v) is 6.08. The van der Waals surface area contributed by atoms with Crippen molar-refractivity contribution in [2.75, 3.05) is 6.54 Å². The van der Waals surface area contributed by atoms with Crippen molar-refractivity contribution in [1.82, 2.24) is 5.32 Å². The molecule has 1 amide bonds. The van der Waals surface area contributed by atoms with Gasteiger partial charge in [-0.05, 0) is 5.56 Å². The summed E-state index contributed by atoms with van der Waals surface area (Å²) in [6.07, 6.45) is 0.255. The van der Waals surface area contributed by atoms with Crippen molar-refractivity contribution in [2.24, 2.45) is 5.16 Å². The van der Waals surface area contributed by atoms with Crippen molar-refractivity contribution in [3.05, 3.63) is 96.1 Å². The molecule has 160 valence electrons. The number of carbonyl (C=O) groups is 1. The van der Waals surface area contributed by atoms with Crippen molar-refractivity contribution in [3.63, 3.8) is 0 Å². The van der Waals surface area contributed by atoms with Gasteiger partial charge in [-0.25, -0.2) is 0 Å². The summed E-state index contributed by atoms with van der Waals surface area (Å²) in [5.41, 5.74) is 2.07. The summed E-state index contributed by atoms with van der Waals surface area (Å²) in [7, 11) is 1.81. The second-order valence-electron chi connectivity index (χ2n) is 6.62. The molecule has 31 heavy (non-hydrogen) atoms. The molecule has 0 spiro atoms. The molecule has 5 nitrogen and oxygen atoms in total. The summed E-state index contributed by atoms with van der Waals surface area (Å²) >= 11 is 0.334. The molecule has 0 aromatic heterocycles. The van der Waals surface area contributed by atoms with E-state index in [9.17, 15) is 10.0 Å². The molecule has 0 fully saturated rings.